The number of halogens is 1. The molecular weight excluding hydrogens is 427 g/mol. The second-order valence-corrected chi connectivity index (χ2v) is 9.25. The fraction of sp³-hybridized carbons (Fsp3) is 0.350. The van der Waals surface area contributed by atoms with Crippen LogP contribution in [0.4, 0.5) is 4.39 Å². The summed E-state index contributed by atoms with van der Waals surface area (Å²) in [7, 11) is -2.47. The molecule has 0 radical (unpaired) electrons. The lowest BCUT2D eigenvalue weighted by Gasteiger charge is -2.31. The van der Waals surface area contributed by atoms with Gasteiger partial charge in [-0.25, -0.2) is 31.6 Å². The molecule has 164 valence electrons. The first-order valence-electron chi connectivity index (χ1n) is 9.61. The fourth-order valence-corrected chi connectivity index (χ4v) is 4.92. The van der Waals surface area contributed by atoms with Gasteiger partial charge in [-0.05, 0) is 36.6 Å². The van der Waals surface area contributed by atoms with Gasteiger partial charge in [0, 0.05) is 12.7 Å². The van der Waals surface area contributed by atoms with Gasteiger partial charge in [0.2, 0.25) is 10.0 Å². The van der Waals surface area contributed by atoms with Gasteiger partial charge in [-0.2, -0.15) is 0 Å². The fourth-order valence-electron chi connectivity index (χ4n) is 4.11. The number of hydrogen-bond acceptors (Lipinski definition) is 6. The predicted octanol–water partition coefficient (Wildman–Crippen LogP) is 1.82. The number of carbonyl (C=O) groups is 1. The van der Waals surface area contributed by atoms with Crippen LogP contribution in [0.3, 0.4) is 0 Å². The second kappa shape index (κ2) is 7.80. The number of carbonyl (C=O) groups excluding carboxylic acids is 1. The molecule has 4 rings (SSSR count). The quantitative estimate of drug-likeness (QED) is 0.664. The summed E-state index contributed by atoms with van der Waals surface area (Å²) in [6.45, 7) is 0.401. The van der Waals surface area contributed by atoms with Gasteiger partial charge in [0.05, 0.1) is 24.6 Å². The number of aromatic nitrogens is 2. The van der Waals surface area contributed by atoms with Gasteiger partial charge in [-0.3, -0.25) is 9.48 Å². The number of sulfonamides is 1. The average Bonchev–Trinajstić information content (AvgIpc) is 3.05. The Bertz CT molecular complexity index is 1240. The number of ether oxygens (including phenoxy) is 1. The van der Waals surface area contributed by atoms with E-state index in [9.17, 15) is 22.4 Å². The second-order valence-electron chi connectivity index (χ2n) is 7.36. The molecule has 0 amide bonds. The van der Waals surface area contributed by atoms with Crippen molar-refractivity contribution in [1.82, 2.24) is 13.7 Å². The molecule has 1 aromatic heterocycles. The van der Waals surface area contributed by atoms with E-state index < -0.39 is 39.5 Å². The third-order valence-electron chi connectivity index (χ3n) is 5.44. The molecule has 2 aromatic rings. The number of esters is 1. The van der Waals surface area contributed by atoms with Gasteiger partial charge in [0.1, 0.15) is 18.2 Å². The molecule has 0 N–H and O–H groups in total. The van der Waals surface area contributed by atoms with Crippen molar-refractivity contribution in [2.24, 2.45) is 4.99 Å². The third-order valence-corrected chi connectivity index (χ3v) is 6.52. The minimum atomic E-state index is -3.72. The van der Waals surface area contributed by atoms with Crippen LogP contribution in [0.2, 0.25) is 0 Å². The lowest BCUT2D eigenvalue weighted by molar-refractivity contribution is -0.146. The molecule has 2 unspecified atom stereocenters. The molecule has 0 spiro atoms. The van der Waals surface area contributed by atoms with E-state index >= 15 is 0 Å². The minimum Gasteiger partial charge on any atom is -0.467 e. The van der Waals surface area contributed by atoms with Crippen molar-refractivity contribution in [1.29, 1.82) is 0 Å². The molecule has 0 aliphatic carbocycles. The molecule has 0 bridgehead atoms. The van der Waals surface area contributed by atoms with E-state index in [0.29, 0.717) is 30.6 Å². The summed E-state index contributed by atoms with van der Waals surface area (Å²) in [5.74, 6) is -1.03. The smallest absolute Gasteiger partial charge is 0.330 e. The van der Waals surface area contributed by atoms with Gasteiger partial charge in [-0.15, -0.1) is 0 Å². The van der Waals surface area contributed by atoms with Crippen molar-refractivity contribution in [3.63, 3.8) is 0 Å². The zero-order valence-corrected chi connectivity index (χ0v) is 17.8. The van der Waals surface area contributed by atoms with Gasteiger partial charge < -0.3 is 4.74 Å². The Morgan fingerprint density at radius 1 is 1.26 bits per heavy atom. The molecule has 0 saturated carbocycles. The average molecular weight is 448 g/mol. The highest BCUT2D eigenvalue weighted by Gasteiger charge is 2.38. The van der Waals surface area contributed by atoms with Crippen LogP contribution in [0, 0.1) is 5.82 Å². The standard InChI is InChI=1S/C20H21FN4O5S/c1-30-20(27)16-4-3-11-23-18(15-9-10-22-12-24(15)31(2,28)29)17(19(26)25(16)23)13-5-7-14(21)8-6-13/h5-10,12,15-16H,3-4,11H2,1-2H3. The topological polar surface area (TPSA) is 103 Å². The number of rotatable bonds is 4. The summed E-state index contributed by atoms with van der Waals surface area (Å²) < 4.78 is 47.3. The van der Waals surface area contributed by atoms with Gasteiger partial charge in [0.25, 0.3) is 5.56 Å². The monoisotopic (exact) mass is 448 g/mol. The van der Waals surface area contributed by atoms with Crippen LogP contribution >= 0.6 is 0 Å². The molecule has 2 aliphatic rings. The number of methoxy groups -OCH3 is 1. The molecule has 3 heterocycles. The Kier molecular flexibility index (Phi) is 5.29. The van der Waals surface area contributed by atoms with Crippen molar-refractivity contribution >= 4 is 22.3 Å². The van der Waals surface area contributed by atoms with Crippen LogP contribution < -0.4 is 5.56 Å². The van der Waals surface area contributed by atoms with Crippen LogP contribution in [0.25, 0.3) is 11.1 Å². The van der Waals surface area contributed by atoms with E-state index in [-0.39, 0.29) is 5.56 Å². The Hall–Kier alpha value is -3.21. The van der Waals surface area contributed by atoms with Crippen LogP contribution in [0.1, 0.15) is 30.6 Å². The van der Waals surface area contributed by atoms with E-state index in [0.717, 1.165) is 10.6 Å². The molecule has 0 saturated heterocycles. The minimum absolute atomic E-state index is 0.203. The lowest BCUT2D eigenvalue weighted by atomic mass is 10.0. The van der Waals surface area contributed by atoms with Gasteiger partial charge >= 0.3 is 5.97 Å². The van der Waals surface area contributed by atoms with E-state index in [1.54, 1.807) is 10.8 Å². The van der Waals surface area contributed by atoms with E-state index in [4.69, 9.17) is 4.74 Å². The molecule has 11 heteroatoms. The maximum absolute atomic E-state index is 13.6. The number of fused-ring (bicyclic) bond motifs is 1. The van der Waals surface area contributed by atoms with Gasteiger partial charge in [-0.1, -0.05) is 12.1 Å². The number of hydrogen-bond donors (Lipinski definition) is 0. The summed E-state index contributed by atoms with van der Waals surface area (Å²) in [4.78, 5) is 29.9. The SMILES string of the molecule is COC(=O)C1CCCn2c(C3C=CN=CN3S(C)(=O)=O)c(-c3ccc(F)cc3)c(=O)n21. The molecule has 1 aromatic carbocycles. The molecule has 0 fully saturated rings. The van der Waals surface area contributed by atoms with Crippen molar-refractivity contribution in [2.45, 2.75) is 31.5 Å². The predicted molar refractivity (Wildman–Crippen MR) is 111 cm³/mol. The first-order valence-corrected chi connectivity index (χ1v) is 11.5. The van der Waals surface area contributed by atoms with E-state index in [2.05, 4.69) is 4.99 Å². The highest BCUT2D eigenvalue weighted by atomic mass is 32.2. The van der Waals surface area contributed by atoms with Crippen LogP contribution in [0.5, 0.6) is 0 Å². The molecule has 2 aliphatic heterocycles. The van der Waals surface area contributed by atoms with Crippen molar-refractivity contribution < 1.29 is 22.3 Å². The zero-order chi connectivity index (χ0) is 22.3. The molecular formula is C20H21FN4O5S. The third kappa shape index (κ3) is 3.58. The molecule has 9 nitrogen and oxygen atoms in total. The Morgan fingerprint density at radius 3 is 2.61 bits per heavy atom. The Balaban J connectivity index is 2.03. The van der Waals surface area contributed by atoms with Crippen molar-refractivity contribution in [3.8, 4) is 11.1 Å². The van der Waals surface area contributed by atoms with E-state index in [1.807, 2.05) is 0 Å². The number of nitrogens with zero attached hydrogens (tertiary/aromatic N) is 4. The first kappa shape index (κ1) is 21.0. The van der Waals surface area contributed by atoms with Crippen LogP contribution in [0.15, 0.2) is 46.3 Å². The lowest BCUT2D eigenvalue weighted by Crippen LogP contribution is -2.38. The Labute approximate surface area is 178 Å². The van der Waals surface area contributed by atoms with Crippen LogP contribution in [-0.4, -0.2) is 47.8 Å². The summed E-state index contributed by atoms with van der Waals surface area (Å²) >= 11 is 0. The number of benzene rings is 1. The highest BCUT2D eigenvalue weighted by Crippen LogP contribution is 2.36. The summed E-state index contributed by atoms with van der Waals surface area (Å²) in [6.07, 6.45) is 6.26. The van der Waals surface area contributed by atoms with E-state index in [1.165, 1.54) is 48.6 Å². The summed E-state index contributed by atoms with van der Waals surface area (Å²) in [5.41, 5.74) is 0.539. The molecule has 2 atom stereocenters. The maximum Gasteiger partial charge on any atom is 0.330 e. The van der Waals surface area contributed by atoms with Gasteiger partial charge in [0.15, 0.2) is 6.04 Å². The largest absolute Gasteiger partial charge is 0.467 e. The molecule has 31 heavy (non-hydrogen) atoms. The number of aliphatic imine (C=N–C) groups is 1. The summed E-state index contributed by atoms with van der Waals surface area (Å²) in [6, 6.07) is 3.67. The van der Waals surface area contributed by atoms with Crippen LogP contribution in [-0.2, 0) is 26.1 Å². The van der Waals surface area contributed by atoms with Crippen molar-refractivity contribution in [3.05, 3.63) is 58.4 Å². The highest BCUT2D eigenvalue weighted by molar-refractivity contribution is 7.88. The normalized spacial score (nSPS) is 20.5. The first-order chi connectivity index (χ1) is 14.7. The summed E-state index contributed by atoms with van der Waals surface area (Å²) in [5, 5.41) is 0. The zero-order valence-electron chi connectivity index (χ0n) is 16.9. The van der Waals surface area contributed by atoms with Crippen molar-refractivity contribution in [2.75, 3.05) is 13.4 Å². The maximum atomic E-state index is 13.6. The Morgan fingerprint density at radius 2 is 1.97 bits per heavy atom.